The minimum atomic E-state index is -4.35. The normalized spacial score (nSPS) is 26.0. The molecule has 0 spiro atoms. The van der Waals surface area contributed by atoms with Crippen LogP contribution in [0.1, 0.15) is 25.7 Å². The summed E-state index contributed by atoms with van der Waals surface area (Å²) in [6.45, 7) is 0.814. The topological polar surface area (TPSA) is 52.8 Å². The third-order valence-electron chi connectivity index (χ3n) is 5.45. The van der Waals surface area contributed by atoms with Gasteiger partial charge in [0.05, 0.1) is 17.0 Å². The van der Waals surface area contributed by atoms with Gasteiger partial charge in [-0.25, -0.2) is 4.52 Å². The van der Waals surface area contributed by atoms with Gasteiger partial charge >= 0.3 is 5.51 Å². The van der Waals surface area contributed by atoms with Gasteiger partial charge in [-0.05, 0) is 72.2 Å². The molecule has 0 aromatic carbocycles. The average molecular weight is 512 g/mol. The maximum atomic E-state index is 12.9. The van der Waals surface area contributed by atoms with Crippen molar-refractivity contribution in [3.8, 4) is 0 Å². The van der Waals surface area contributed by atoms with E-state index in [1.165, 1.54) is 0 Å². The van der Waals surface area contributed by atoms with Crippen molar-refractivity contribution in [2.24, 2.45) is 0 Å². The molecule has 2 fully saturated rings. The molecule has 27 heavy (non-hydrogen) atoms. The van der Waals surface area contributed by atoms with E-state index in [2.05, 4.69) is 15.3 Å². The maximum Gasteiger partial charge on any atom is 0.446 e. The van der Waals surface area contributed by atoms with Gasteiger partial charge < -0.3 is 10.4 Å². The van der Waals surface area contributed by atoms with E-state index in [1.54, 1.807) is 16.6 Å². The lowest BCUT2D eigenvalue weighted by atomic mass is 9.97. The van der Waals surface area contributed by atoms with E-state index >= 15 is 0 Å². The summed E-state index contributed by atoms with van der Waals surface area (Å²) in [5.74, 6) is 0.707. The van der Waals surface area contributed by atoms with E-state index in [-0.39, 0.29) is 29.3 Å². The lowest BCUT2D eigenvalue weighted by Gasteiger charge is -2.40. The van der Waals surface area contributed by atoms with Crippen LogP contribution in [-0.2, 0) is 0 Å². The Labute approximate surface area is 172 Å². The molecule has 2 N–H and O–H groups in total. The molecule has 148 valence electrons. The molecular weight excluding hydrogens is 492 g/mol. The standard InChI is InChI=1S/C17H20F3IN4OS/c18-17(19,20)27-15-13-2-1-3-14(25(13)23-16(15)21)22-11-6-4-10-5-7-12(11)24(10)8-9-26/h1-3,10-12,22,26H,4-9H2/t10-,11-,12-/m1/s1. The Kier molecular flexibility index (Phi) is 5.51. The van der Waals surface area contributed by atoms with Gasteiger partial charge in [0.1, 0.15) is 9.52 Å². The maximum absolute atomic E-state index is 12.9. The second-order valence-electron chi connectivity index (χ2n) is 6.96. The van der Waals surface area contributed by atoms with Gasteiger partial charge in [-0.1, -0.05) is 6.07 Å². The fourth-order valence-electron chi connectivity index (χ4n) is 4.43. The molecule has 10 heteroatoms. The minimum Gasteiger partial charge on any atom is -0.395 e. The van der Waals surface area contributed by atoms with Crippen LogP contribution in [0.15, 0.2) is 23.1 Å². The highest BCUT2D eigenvalue weighted by Crippen LogP contribution is 2.42. The van der Waals surface area contributed by atoms with E-state index in [4.69, 9.17) is 0 Å². The van der Waals surface area contributed by atoms with E-state index in [0.29, 0.717) is 33.7 Å². The Balaban J connectivity index is 1.62. The predicted octanol–water partition coefficient (Wildman–Crippen LogP) is 3.95. The largest absolute Gasteiger partial charge is 0.446 e. The summed E-state index contributed by atoms with van der Waals surface area (Å²) in [5, 5.41) is 17.2. The van der Waals surface area contributed by atoms with Crippen LogP contribution in [0.3, 0.4) is 0 Å². The number of halogens is 4. The van der Waals surface area contributed by atoms with Gasteiger partial charge in [0.25, 0.3) is 0 Å². The van der Waals surface area contributed by atoms with Gasteiger partial charge in [0.2, 0.25) is 0 Å². The number of anilines is 1. The van der Waals surface area contributed by atoms with E-state index < -0.39 is 5.51 Å². The van der Waals surface area contributed by atoms with Crippen LogP contribution < -0.4 is 5.32 Å². The molecule has 0 aliphatic carbocycles. The van der Waals surface area contributed by atoms with Crippen LogP contribution in [0, 0.1) is 3.70 Å². The molecule has 5 nitrogen and oxygen atoms in total. The molecule has 4 heterocycles. The lowest BCUT2D eigenvalue weighted by molar-refractivity contribution is -0.0328. The van der Waals surface area contributed by atoms with Crippen LogP contribution in [0.4, 0.5) is 19.0 Å². The van der Waals surface area contributed by atoms with Crippen molar-refractivity contribution < 1.29 is 18.3 Å². The van der Waals surface area contributed by atoms with Crippen LogP contribution in [0.2, 0.25) is 0 Å². The Morgan fingerprint density at radius 1 is 1.26 bits per heavy atom. The summed E-state index contributed by atoms with van der Waals surface area (Å²) in [5.41, 5.74) is -3.89. The summed E-state index contributed by atoms with van der Waals surface area (Å²) in [7, 11) is 0. The zero-order valence-corrected chi connectivity index (χ0v) is 17.4. The van der Waals surface area contributed by atoms with Gasteiger partial charge in [0.15, 0.2) is 0 Å². The number of aliphatic hydroxyl groups is 1. The smallest absolute Gasteiger partial charge is 0.395 e. The summed E-state index contributed by atoms with van der Waals surface area (Å²) in [4.78, 5) is 2.51. The first-order valence-corrected chi connectivity index (χ1v) is 10.8. The summed E-state index contributed by atoms with van der Waals surface area (Å²) >= 11 is 1.74. The molecule has 0 saturated carbocycles. The summed E-state index contributed by atoms with van der Waals surface area (Å²) in [6, 6.07) is 6.36. The highest BCUT2D eigenvalue weighted by Gasteiger charge is 2.42. The number of nitrogens with zero attached hydrogens (tertiary/aromatic N) is 3. The Bertz CT molecular complexity index is 830. The van der Waals surface area contributed by atoms with Crippen molar-refractivity contribution in [2.75, 3.05) is 18.5 Å². The molecule has 2 aromatic rings. The number of piperidine rings is 1. The lowest BCUT2D eigenvalue weighted by Crippen LogP contribution is -2.51. The first kappa shape index (κ1) is 19.6. The number of fused-ring (bicyclic) bond motifs is 3. The first-order valence-electron chi connectivity index (χ1n) is 8.93. The second-order valence-corrected chi connectivity index (χ2v) is 9.06. The molecule has 2 aliphatic rings. The fraction of sp³-hybridized carbons (Fsp3) is 0.588. The van der Waals surface area contributed by atoms with Crippen LogP contribution in [0.25, 0.3) is 5.52 Å². The van der Waals surface area contributed by atoms with Crippen molar-refractivity contribution in [3.63, 3.8) is 0 Å². The minimum absolute atomic E-state index is 0.118. The number of aliphatic hydroxyl groups excluding tert-OH is 1. The number of thioether (sulfide) groups is 1. The van der Waals surface area contributed by atoms with E-state index in [0.717, 1.165) is 25.7 Å². The number of rotatable bonds is 5. The third-order valence-corrected chi connectivity index (χ3v) is 7.41. The summed E-state index contributed by atoms with van der Waals surface area (Å²) < 4.78 is 40.6. The van der Waals surface area contributed by atoms with Crippen molar-refractivity contribution >= 4 is 45.7 Å². The SMILES string of the molecule is OCCN1[C@H]2CC[C@@H]1[C@H](Nc1cccc3c(SC(F)(F)F)c(I)nn13)CC2. The van der Waals surface area contributed by atoms with Crippen molar-refractivity contribution in [1.29, 1.82) is 0 Å². The van der Waals surface area contributed by atoms with E-state index in [9.17, 15) is 18.3 Å². The highest BCUT2D eigenvalue weighted by molar-refractivity contribution is 14.1. The number of nitrogens with one attached hydrogen (secondary N) is 1. The molecule has 4 rings (SSSR count). The zero-order valence-electron chi connectivity index (χ0n) is 14.4. The molecule has 0 unspecified atom stereocenters. The molecule has 2 bridgehead atoms. The van der Waals surface area contributed by atoms with Crippen molar-refractivity contribution in [3.05, 3.63) is 21.9 Å². The number of alkyl halides is 3. The van der Waals surface area contributed by atoms with Gasteiger partial charge in [-0.3, -0.25) is 4.90 Å². The highest BCUT2D eigenvalue weighted by atomic mass is 127. The van der Waals surface area contributed by atoms with Gasteiger partial charge in [0, 0.05) is 24.7 Å². The first-order chi connectivity index (χ1) is 12.9. The third kappa shape index (κ3) is 3.90. The quantitative estimate of drug-likeness (QED) is 0.470. The molecule has 0 radical (unpaired) electrons. The second kappa shape index (κ2) is 7.60. The van der Waals surface area contributed by atoms with Crippen molar-refractivity contribution in [1.82, 2.24) is 14.5 Å². The molecule has 2 aliphatic heterocycles. The van der Waals surface area contributed by atoms with Crippen LogP contribution in [-0.4, -0.2) is 56.4 Å². The number of hydrogen-bond donors (Lipinski definition) is 2. The van der Waals surface area contributed by atoms with Crippen molar-refractivity contribution in [2.45, 2.75) is 54.2 Å². The molecule has 2 saturated heterocycles. The molecule has 0 amide bonds. The Hall–Kier alpha value is -0.720. The number of pyridine rings is 1. The Morgan fingerprint density at radius 2 is 2.04 bits per heavy atom. The molecule has 2 aromatic heterocycles. The van der Waals surface area contributed by atoms with Gasteiger partial charge in [-0.2, -0.15) is 18.3 Å². The zero-order chi connectivity index (χ0) is 19.2. The van der Waals surface area contributed by atoms with Gasteiger partial charge in [-0.15, -0.1) is 0 Å². The molecular formula is C17H20F3IN4OS. The van der Waals surface area contributed by atoms with E-state index in [1.807, 2.05) is 28.7 Å². The number of hydrogen-bond acceptors (Lipinski definition) is 5. The monoisotopic (exact) mass is 512 g/mol. The van der Waals surface area contributed by atoms with Crippen LogP contribution >= 0.6 is 34.4 Å². The number of aromatic nitrogens is 2. The summed E-state index contributed by atoms with van der Waals surface area (Å²) in [6.07, 6.45) is 4.29. The average Bonchev–Trinajstić information content (AvgIpc) is 3.05. The Morgan fingerprint density at radius 3 is 2.78 bits per heavy atom. The fourth-order valence-corrected chi connectivity index (χ4v) is 5.87. The predicted molar refractivity (Wildman–Crippen MR) is 107 cm³/mol. The molecule has 3 atom stereocenters. The van der Waals surface area contributed by atoms with Crippen LogP contribution in [0.5, 0.6) is 0 Å².